The number of amides is 1. The molecule has 0 aromatic carbocycles. The summed E-state index contributed by atoms with van der Waals surface area (Å²) in [6.07, 6.45) is 9.92. The Balaban J connectivity index is 2.25. The van der Waals surface area contributed by atoms with Gasteiger partial charge in [-0.15, -0.1) is 0 Å². The minimum Gasteiger partial charge on any atom is -0.466 e. The largest absolute Gasteiger partial charge is 0.466 e. The lowest BCUT2D eigenvalue weighted by Crippen LogP contribution is -2.33. The second-order valence-corrected chi connectivity index (χ2v) is 7.72. The Hall–Kier alpha value is -1.30. The van der Waals surface area contributed by atoms with Crippen LogP contribution >= 0.6 is 11.8 Å². The van der Waals surface area contributed by atoms with Crippen molar-refractivity contribution in [1.29, 1.82) is 0 Å². The third-order valence-corrected chi connectivity index (χ3v) is 5.41. The van der Waals surface area contributed by atoms with Crippen LogP contribution in [-0.4, -0.2) is 53.3 Å². The van der Waals surface area contributed by atoms with Crippen LogP contribution in [0, 0.1) is 0 Å². The Morgan fingerprint density at radius 2 is 2.00 bits per heavy atom. The fourth-order valence-corrected chi connectivity index (χ4v) is 3.79. The monoisotopic (exact) mass is 383 g/mol. The van der Waals surface area contributed by atoms with Crippen molar-refractivity contribution in [3.8, 4) is 0 Å². The van der Waals surface area contributed by atoms with Gasteiger partial charge in [-0.05, 0) is 38.0 Å². The Labute approximate surface area is 161 Å². The molecule has 0 bridgehead atoms. The number of rotatable bonds is 14. The van der Waals surface area contributed by atoms with Crippen LogP contribution in [0.1, 0.15) is 65.2 Å². The number of ether oxygens (including phenoxy) is 1. The molecule has 1 heterocycles. The molecule has 1 amide bonds. The summed E-state index contributed by atoms with van der Waals surface area (Å²) in [5.41, 5.74) is 0. The predicted molar refractivity (Wildman–Crippen MR) is 106 cm³/mol. The van der Waals surface area contributed by atoms with Crippen LogP contribution in [0.4, 0.5) is 0 Å². The molecular weight excluding hydrogens is 350 g/mol. The highest BCUT2D eigenvalue weighted by Gasteiger charge is 2.28. The lowest BCUT2D eigenvalue weighted by Gasteiger charge is -2.22. The van der Waals surface area contributed by atoms with E-state index in [1.165, 1.54) is 0 Å². The third-order valence-electron chi connectivity index (χ3n) is 4.36. The molecule has 5 nitrogen and oxygen atoms in total. The van der Waals surface area contributed by atoms with E-state index in [1.54, 1.807) is 17.8 Å². The first-order chi connectivity index (χ1) is 12.6. The summed E-state index contributed by atoms with van der Waals surface area (Å²) in [6, 6.07) is 0.0535. The standard InChI is InChI=1S/C20H33NO4S/c1-3-5-6-8-18(22)12-10-17-11-13-19(23)21(17)14-16-26-15-7-9-20(24)25-4-2/h10,12,17H,3-9,11,13-16H2,1-2H3/b12-10+/t17-/m0/s1. The first-order valence-corrected chi connectivity index (χ1v) is 11.0. The van der Waals surface area contributed by atoms with E-state index in [9.17, 15) is 14.4 Å². The van der Waals surface area contributed by atoms with Crippen LogP contribution in [0.25, 0.3) is 0 Å². The van der Waals surface area contributed by atoms with Crippen LogP contribution < -0.4 is 0 Å². The second kappa shape index (κ2) is 13.8. The topological polar surface area (TPSA) is 63.7 Å². The molecule has 6 heteroatoms. The number of hydrogen-bond acceptors (Lipinski definition) is 5. The smallest absolute Gasteiger partial charge is 0.305 e. The van der Waals surface area contributed by atoms with E-state index < -0.39 is 0 Å². The third kappa shape index (κ3) is 9.41. The molecule has 1 atom stereocenters. The number of allylic oxidation sites excluding steroid dienone is 1. The highest BCUT2D eigenvalue weighted by molar-refractivity contribution is 7.99. The van der Waals surface area contributed by atoms with Crippen molar-refractivity contribution in [3.63, 3.8) is 0 Å². The highest BCUT2D eigenvalue weighted by Crippen LogP contribution is 2.21. The van der Waals surface area contributed by atoms with Crippen molar-refractivity contribution < 1.29 is 19.1 Å². The number of likely N-dealkylation sites (tertiary alicyclic amines) is 1. The van der Waals surface area contributed by atoms with Crippen LogP contribution in [0.2, 0.25) is 0 Å². The van der Waals surface area contributed by atoms with Crippen molar-refractivity contribution in [3.05, 3.63) is 12.2 Å². The van der Waals surface area contributed by atoms with Crippen molar-refractivity contribution in [1.82, 2.24) is 4.90 Å². The zero-order valence-electron chi connectivity index (χ0n) is 16.2. The molecule has 26 heavy (non-hydrogen) atoms. The second-order valence-electron chi connectivity index (χ2n) is 6.50. The van der Waals surface area contributed by atoms with Crippen molar-refractivity contribution in [2.75, 3.05) is 24.7 Å². The minimum atomic E-state index is -0.142. The zero-order chi connectivity index (χ0) is 19.2. The summed E-state index contributed by atoms with van der Waals surface area (Å²) in [4.78, 5) is 37.1. The Morgan fingerprint density at radius 3 is 2.73 bits per heavy atom. The van der Waals surface area contributed by atoms with Crippen LogP contribution in [0.5, 0.6) is 0 Å². The number of carbonyl (C=O) groups is 3. The summed E-state index contributed by atoms with van der Waals surface area (Å²) in [5, 5.41) is 0. The molecule has 1 fully saturated rings. The van der Waals surface area contributed by atoms with Crippen molar-refractivity contribution in [2.24, 2.45) is 0 Å². The van der Waals surface area contributed by atoms with Gasteiger partial charge < -0.3 is 9.64 Å². The van der Waals surface area contributed by atoms with Crippen molar-refractivity contribution in [2.45, 2.75) is 71.3 Å². The lowest BCUT2D eigenvalue weighted by molar-refractivity contribution is -0.143. The lowest BCUT2D eigenvalue weighted by atomic mass is 10.1. The Kier molecular flexibility index (Phi) is 12.1. The predicted octanol–water partition coefficient (Wildman–Crippen LogP) is 3.76. The number of esters is 1. The fourth-order valence-electron chi connectivity index (χ4n) is 2.91. The fraction of sp³-hybridized carbons (Fsp3) is 0.750. The average molecular weight is 384 g/mol. The van der Waals surface area contributed by atoms with Gasteiger partial charge in [-0.3, -0.25) is 14.4 Å². The molecule has 0 unspecified atom stereocenters. The van der Waals surface area contributed by atoms with Gasteiger partial charge in [-0.2, -0.15) is 11.8 Å². The van der Waals surface area contributed by atoms with E-state index >= 15 is 0 Å². The molecule has 1 rings (SSSR count). The van der Waals surface area contributed by atoms with Gasteiger partial charge in [0, 0.05) is 31.6 Å². The van der Waals surface area contributed by atoms with Gasteiger partial charge in [-0.25, -0.2) is 0 Å². The molecule has 0 spiro atoms. The summed E-state index contributed by atoms with van der Waals surface area (Å²) in [6.45, 7) is 5.06. The Morgan fingerprint density at radius 1 is 1.19 bits per heavy atom. The number of thioether (sulfide) groups is 1. The highest BCUT2D eigenvalue weighted by atomic mass is 32.2. The Bertz CT molecular complexity index is 478. The van der Waals surface area contributed by atoms with E-state index in [2.05, 4.69) is 6.92 Å². The first-order valence-electron chi connectivity index (χ1n) is 9.82. The van der Waals surface area contributed by atoms with E-state index in [1.807, 2.05) is 17.9 Å². The summed E-state index contributed by atoms with van der Waals surface area (Å²) in [5.74, 6) is 1.92. The molecule has 0 aromatic heterocycles. The summed E-state index contributed by atoms with van der Waals surface area (Å²) < 4.78 is 4.90. The zero-order valence-corrected chi connectivity index (χ0v) is 17.0. The molecule has 148 valence electrons. The summed E-state index contributed by atoms with van der Waals surface area (Å²) in [7, 11) is 0. The number of carbonyl (C=O) groups excluding carboxylic acids is 3. The average Bonchev–Trinajstić information content (AvgIpc) is 2.96. The van der Waals surface area contributed by atoms with Gasteiger partial charge in [0.25, 0.3) is 0 Å². The molecular formula is C20H33NO4S. The van der Waals surface area contributed by atoms with Crippen molar-refractivity contribution >= 4 is 29.4 Å². The maximum absolute atomic E-state index is 12.1. The quantitative estimate of drug-likeness (QED) is 0.260. The maximum Gasteiger partial charge on any atom is 0.305 e. The first kappa shape index (κ1) is 22.7. The van der Waals surface area contributed by atoms with E-state index in [-0.39, 0.29) is 23.7 Å². The molecule has 1 aliphatic heterocycles. The number of ketones is 1. The molecule has 0 radical (unpaired) electrons. The molecule has 0 aromatic rings. The molecule has 0 N–H and O–H groups in total. The van der Waals surface area contributed by atoms with E-state index in [0.717, 1.165) is 43.6 Å². The van der Waals surface area contributed by atoms with Gasteiger partial charge in [0.05, 0.1) is 12.6 Å². The van der Waals surface area contributed by atoms with Gasteiger partial charge >= 0.3 is 5.97 Å². The maximum atomic E-state index is 12.1. The number of nitrogens with zero attached hydrogens (tertiary/aromatic N) is 1. The van der Waals surface area contributed by atoms with E-state index in [4.69, 9.17) is 4.74 Å². The number of unbranched alkanes of at least 4 members (excludes halogenated alkanes) is 2. The van der Waals surface area contributed by atoms with Gasteiger partial charge in [0.15, 0.2) is 5.78 Å². The SMILES string of the molecule is CCCCCC(=O)/C=C/[C@H]1CCC(=O)N1CCSCCCC(=O)OCC. The normalized spacial score (nSPS) is 17.2. The van der Waals surface area contributed by atoms with E-state index in [0.29, 0.717) is 32.4 Å². The van der Waals surface area contributed by atoms with Crippen LogP contribution in [0.3, 0.4) is 0 Å². The minimum absolute atomic E-state index is 0.0535. The van der Waals surface area contributed by atoms with Crippen LogP contribution in [0.15, 0.2) is 12.2 Å². The molecule has 1 saturated heterocycles. The van der Waals surface area contributed by atoms with Crippen LogP contribution in [-0.2, 0) is 19.1 Å². The van der Waals surface area contributed by atoms with Gasteiger partial charge in [0.1, 0.15) is 0 Å². The molecule has 0 aliphatic carbocycles. The molecule has 1 aliphatic rings. The van der Waals surface area contributed by atoms with Gasteiger partial charge in [-0.1, -0.05) is 25.8 Å². The number of hydrogen-bond donors (Lipinski definition) is 0. The molecule has 0 saturated carbocycles. The van der Waals surface area contributed by atoms with Gasteiger partial charge in [0.2, 0.25) is 5.91 Å². The summed E-state index contributed by atoms with van der Waals surface area (Å²) >= 11 is 1.75.